The second-order valence-corrected chi connectivity index (χ2v) is 6.41. The topological polar surface area (TPSA) is 70.7 Å². The highest BCUT2D eigenvalue weighted by atomic mass is 16.5. The van der Waals surface area contributed by atoms with Crippen molar-refractivity contribution in [1.82, 2.24) is 4.90 Å². The summed E-state index contributed by atoms with van der Waals surface area (Å²) < 4.78 is 5.28. The van der Waals surface area contributed by atoms with Crippen LogP contribution < -0.4 is 10.6 Å². The highest BCUT2D eigenvalue weighted by Gasteiger charge is 2.14. The van der Waals surface area contributed by atoms with Gasteiger partial charge >= 0.3 is 0 Å². The molecule has 0 saturated carbocycles. The summed E-state index contributed by atoms with van der Waals surface area (Å²) in [5.41, 5.74) is 1.32. The van der Waals surface area contributed by atoms with Crippen LogP contribution in [-0.4, -0.2) is 49.1 Å². The van der Waals surface area contributed by atoms with Crippen molar-refractivity contribution >= 4 is 23.2 Å². The standard InChI is InChI=1S/C19H29N3O3/c1-3-25-15(2)19(24)21-17-10-8-9-16(13-17)20-18(23)14-22-11-6-4-5-7-12-22/h8-10,13,15H,3-7,11-12,14H2,1-2H3,(H,20,23)(H,21,24)/t15-/m0/s1. The van der Waals surface area contributed by atoms with Crippen LogP contribution >= 0.6 is 0 Å². The van der Waals surface area contributed by atoms with Crippen LogP contribution in [0, 0.1) is 0 Å². The van der Waals surface area contributed by atoms with Gasteiger partial charge in [0, 0.05) is 18.0 Å². The van der Waals surface area contributed by atoms with Crippen LogP contribution in [0.5, 0.6) is 0 Å². The molecule has 1 heterocycles. The lowest BCUT2D eigenvalue weighted by Crippen LogP contribution is -2.34. The van der Waals surface area contributed by atoms with Gasteiger partial charge in [-0.05, 0) is 58.0 Å². The van der Waals surface area contributed by atoms with Gasteiger partial charge in [0.25, 0.3) is 5.91 Å². The lowest BCUT2D eigenvalue weighted by atomic mass is 10.2. The van der Waals surface area contributed by atoms with E-state index in [2.05, 4.69) is 15.5 Å². The molecule has 0 radical (unpaired) electrons. The zero-order valence-electron chi connectivity index (χ0n) is 15.2. The molecule has 1 aromatic carbocycles. The largest absolute Gasteiger partial charge is 0.369 e. The summed E-state index contributed by atoms with van der Waals surface area (Å²) in [6.07, 6.45) is 4.31. The van der Waals surface area contributed by atoms with Crippen molar-refractivity contribution in [2.24, 2.45) is 0 Å². The summed E-state index contributed by atoms with van der Waals surface area (Å²) in [7, 11) is 0. The predicted molar refractivity (Wildman–Crippen MR) is 99.7 cm³/mol. The number of amides is 2. The number of hydrogen-bond donors (Lipinski definition) is 2. The lowest BCUT2D eigenvalue weighted by Gasteiger charge is -2.19. The molecule has 1 aliphatic rings. The minimum absolute atomic E-state index is 0.0203. The van der Waals surface area contributed by atoms with Gasteiger partial charge in [-0.15, -0.1) is 0 Å². The monoisotopic (exact) mass is 347 g/mol. The van der Waals surface area contributed by atoms with Gasteiger partial charge in [0.1, 0.15) is 6.10 Å². The molecule has 1 fully saturated rings. The van der Waals surface area contributed by atoms with Crippen molar-refractivity contribution in [1.29, 1.82) is 0 Å². The first-order valence-corrected chi connectivity index (χ1v) is 9.13. The van der Waals surface area contributed by atoms with Crippen molar-refractivity contribution in [2.45, 2.75) is 45.6 Å². The quantitative estimate of drug-likeness (QED) is 0.796. The SMILES string of the molecule is CCO[C@@H](C)C(=O)Nc1cccc(NC(=O)CN2CCCCCC2)c1. The smallest absolute Gasteiger partial charge is 0.253 e. The number of ether oxygens (including phenoxy) is 1. The maximum Gasteiger partial charge on any atom is 0.253 e. The lowest BCUT2D eigenvalue weighted by molar-refractivity contribution is -0.126. The molecule has 1 atom stereocenters. The third-order valence-corrected chi connectivity index (χ3v) is 4.27. The first-order chi connectivity index (χ1) is 12.1. The van der Waals surface area contributed by atoms with E-state index in [4.69, 9.17) is 4.74 Å². The molecule has 0 aromatic heterocycles. The Hall–Kier alpha value is -1.92. The maximum absolute atomic E-state index is 12.3. The molecule has 1 aromatic rings. The Morgan fingerprint density at radius 1 is 1.12 bits per heavy atom. The second kappa shape index (κ2) is 10.2. The van der Waals surface area contributed by atoms with Crippen LogP contribution in [0.1, 0.15) is 39.5 Å². The molecule has 25 heavy (non-hydrogen) atoms. The Balaban J connectivity index is 1.87. The highest BCUT2D eigenvalue weighted by molar-refractivity contribution is 5.96. The molecule has 0 aliphatic carbocycles. The molecule has 0 spiro atoms. The molecule has 0 unspecified atom stereocenters. The van der Waals surface area contributed by atoms with Crippen molar-refractivity contribution in [2.75, 3.05) is 36.9 Å². The Kier molecular flexibility index (Phi) is 7.88. The van der Waals surface area contributed by atoms with Crippen molar-refractivity contribution in [3.63, 3.8) is 0 Å². The van der Waals surface area contributed by atoms with Crippen molar-refractivity contribution < 1.29 is 14.3 Å². The zero-order valence-corrected chi connectivity index (χ0v) is 15.2. The first kappa shape index (κ1) is 19.4. The predicted octanol–water partition coefficient (Wildman–Crippen LogP) is 2.86. The van der Waals surface area contributed by atoms with Gasteiger partial charge in [-0.2, -0.15) is 0 Å². The Morgan fingerprint density at radius 3 is 2.40 bits per heavy atom. The van der Waals surface area contributed by atoms with Gasteiger partial charge < -0.3 is 15.4 Å². The van der Waals surface area contributed by atoms with E-state index in [1.54, 1.807) is 19.1 Å². The third kappa shape index (κ3) is 6.84. The van der Waals surface area contributed by atoms with Crippen LogP contribution in [0.15, 0.2) is 24.3 Å². The third-order valence-electron chi connectivity index (χ3n) is 4.27. The molecule has 6 nitrogen and oxygen atoms in total. The number of rotatable bonds is 7. The molecule has 2 rings (SSSR count). The van der Waals surface area contributed by atoms with Crippen LogP contribution in [0.3, 0.4) is 0 Å². The molecule has 138 valence electrons. The van der Waals surface area contributed by atoms with Crippen LogP contribution in [0.2, 0.25) is 0 Å². The molecule has 0 bridgehead atoms. The van der Waals surface area contributed by atoms with Crippen molar-refractivity contribution in [3.8, 4) is 0 Å². The fourth-order valence-electron chi connectivity index (χ4n) is 2.94. The number of benzene rings is 1. The van der Waals surface area contributed by atoms with E-state index in [0.717, 1.165) is 25.9 Å². The van der Waals surface area contributed by atoms with Crippen LogP contribution in [0.4, 0.5) is 11.4 Å². The van der Waals surface area contributed by atoms with E-state index in [9.17, 15) is 9.59 Å². The maximum atomic E-state index is 12.3. The van der Waals surface area contributed by atoms with Gasteiger partial charge in [-0.25, -0.2) is 0 Å². The molecule has 1 saturated heterocycles. The molecule has 2 amide bonds. The molecule has 1 aliphatic heterocycles. The van der Waals surface area contributed by atoms with E-state index in [-0.39, 0.29) is 11.8 Å². The number of carbonyl (C=O) groups excluding carboxylic acids is 2. The summed E-state index contributed by atoms with van der Waals surface area (Å²) in [6.45, 7) is 6.44. The fourth-order valence-corrected chi connectivity index (χ4v) is 2.94. The molecular formula is C19H29N3O3. The summed E-state index contributed by atoms with van der Waals surface area (Å²) in [4.78, 5) is 26.5. The minimum Gasteiger partial charge on any atom is -0.369 e. The number of nitrogens with one attached hydrogen (secondary N) is 2. The van der Waals surface area contributed by atoms with E-state index >= 15 is 0 Å². The van der Waals surface area contributed by atoms with Gasteiger partial charge in [-0.1, -0.05) is 18.9 Å². The normalized spacial score (nSPS) is 16.7. The summed E-state index contributed by atoms with van der Waals surface area (Å²) in [5.74, 6) is -0.219. The van der Waals surface area contributed by atoms with E-state index in [0.29, 0.717) is 24.5 Å². The number of likely N-dealkylation sites (tertiary alicyclic amines) is 1. The molecule has 6 heteroatoms. The minimum atomic E-state index is -0.508. The zero-order chi connectivity index (χ0) is 18.1. The summed E-state index contributed by atoms with van der Waals surface area (Å²) in [5, 5.41) is 5.72. The van der Waals surface area contributed by atoms with Gasteiger partial charge in [0.05, 0.1) is 6.54 Å². The number of carbonyl (C=O) groups is 2. The number of hydrogen-bond acceptors (Lipinski definition) is 4. The van der Waals surface area contributed by atoms with E-state index in [1.807, 2.05) is 19.1 Å². The summed E-state index contributed by atoms with van der Waals surface area (Å²) >= 11 is 0. The van der Waals surface area contributed by atoms with E-state index < -0.39 is 6.10 Å². The average molecular weight is 347 g/mol. The molecule has 2 N–H and O–H groups in total. The second-order valence-electron chi connectivity index (χ2n) is 6.41. The van der Waals surface area contributed by atoms with Gasteiger partial charge in [-0.3, -0.25) is 14.5 Å². The van der Waals surface area contributed by atoms with Crippen LogP contribution in [0.25, 0.3) is 0 Å². The first-order valence-electron chi connectivity index (χ1n) is 9.13. The van der Waals surface area contributed by atoms with Crippen molar-refractivity contribution in [3.05, 3.63) is 24.3 Å². The highest BCUT2D eigenvalue weighted by Crippen LogP contribution is 2.16. The van der Waals surface area contributed by atoms with Crippen LogP contribution in [-0.2, 0) is 14.3 Å². The van der Waals surface area contributed by atoms with Gasteiger partial charge in [0.2, 0.25) is 5.91 Å². The Labute approximate surface area is 149 Å². The number of anilines is 2. The van der Waals surface area contributed by atoms with E-state index in [1.165, 1.54) is 12.8 Å². The summed E-state index contributed by atoms with van der Waals surface area (Å²) in [6, 6.07) is 7.18. The molecular weight excluding hydrogens is 318 g/mol. The average Bonchev–Trinajstić information content (AvgIpc) is 2.84. The van der Waals surface area contributed by atoms with Gasteiger partial charge in [0.15, 0.2) is 0 Å². The fraction of sp³-hybridized carbons (Fsp3) is 0.579. The number of nitrogens with zero attached hydrogens (tertiary/aromatic N) is 1. The Morgan fingerprint density at radius 2 is 1.76 bits per heavy atom. The Bertz CT molecular complexity index is 569.